The fraction of sp³-hybridized carbons (Fsp3) is 0.286. The molecule has 1 amide bonds. The van der Waals surface area contributed by atoms with Crippen molar-refractivity contribution in [3.63, 3.8) is 0 Å². The van der Waals surface area contributed by atoms with Gasteiger partial charge < -0.3 is 10.6 Å². The van der Waals surface area contributed by atoms with Gasteiger partial charge in [0.15, 0.2) is 0 Å². The minimum Gasteiger partial charge on any atom is -0.360 e. The van der Waals surface area contributed by atoms with Gasteiger partial charge in [0.1, 0.15) is 16.7 Å². The number of hydrogen-bond donors (Lipinski definition) is 2. The smallest absolute Gasteiger partial charge is 0.289 e. The van der Waals surface area contributed by atoms with Gasteiger partial charge in [0.05, 0.1) is 4.92 Å². The highest BCUT2D eigenvalue weighted by Crippen LogP contribution is 2.27. The number of nitrogens with one attached hydrogen (secondary N) is 2. The van der Waals surface area contributed by atoms with Crippen LogP contribution in [0.3, 0.4) is 0 Å². The molecule has 0 radical (unpaired) electrons. The first-order chi connectivity index (χ1) is 10.5. The molecule has 0 aromatic heterocycles. The highest BCUT2D eigenvalue weighted by Gasteiger charge is 2.13. The largest absolute Gasteiger partial charge is 0.360 e. The summed E-state index contributed by atoms with van der Waals surface area (Å²) in [6, 6.07) is 5.87. The molecule has 22 heavy (non-hydrogen) atoms. The molecule has 1 rings (SSSR count). The first-order valence-electron chi connectivity index (χ1n) is 6.58. The van der Waals surface area contributed by atoms with E-state index in [0.29, 0.717) is 12.2 Å². The number of hydrogen-bond acceptors (Lipinski definition) is 5. The molecular formula is C14H15ClN4O3. The second kappa shape index (κ2) is 8.64. The fourth-order valence-electron chi connectivity index (χ4n) is 1.52. The van der Waals surface area contributed by atoms with Gasteiger partial charge in [-0.2, -0.15) is 5.26 Å². The minimum atomic E-state index is -0.611. The highest BCUT2D eigenvalue weighted by molar-refractivity contribution is 6.32. The lowest BCUT2D eigenvalue weighted by Gasteiger charge is -2.05. The third kappa shape index (κ3) is 5.07. The van der Waals surface area contributed by atoms with Crippen LogP contribution in [0.5, 0.6) is 0 Å². The number of unbranched alkanes of at least 4 members (excludes halogenated alkanes) is 1. The van der Waals surface area contributed by atoms with Crippen LogP contribution in [0.1, 0.15) is 19.8 Å². The molecule has 0 heterocycles. The van der Waals surface area contributed by atoms with Gasteiger partial charge in [0.25, 0.3) is 11.6 Å². The summed E-state index contributed by atoms with van der Waals surface area (Å²) in [6.07, 6.45) is 2.95. The number of nitro groups is 1. The Labute approximate surface area is 132 Å². The van der Waals surface area contributed by atoms with E-state index in [0.717, 1.165) is 12.8 Å². The number of carbonyl (C=O) groups excluding carboxylic acids is 1. The maximum Gasteiger partial charge on any atom is 0.289 e. The van der Waals surface area contributed by atoms with Gasteiger partial charge in [-0.15, -0.1) is 0 Å². The van der Waals surface area contributed by atoms with E-state index < -0.39 is 10.8 Å². The highest BCUT2D eigenvalue weighted by atomic mass is 35.5. The third-order valence-corrected chi connectivity index (χ3v) is 3.03. The molecule has 0 atom stereocenters. The molecule has 0 aliphatic carbocycles. The Morgan fingerprint density at radius 2 is 2.27 bits per heavy atom. The molecule has 0 saturated heterocycles. The van der Waals surface area contributed by atoms with Crippen molar-refractivity contribution in [3.8, 4) is 6.07 Å². The molecule has 1 aromatic carbocycles. The number of benzene rings is 1. The minimum absolute atomic E-state index is 0.0114. The average molecular weight is 323 g/mol. The van der Waals surface area contributed by atoms with E-state index in [9.17, 15) is 14.9 Å². The number of nitriles is 1. The van der Waals surface area contributed by atoms with Crippen LogP contribution in [0.15, 0.2) is 30.0 Å². The Balaban J connectivity index is 2.80. The molecule has 1 aromatic rings. The molecule has 0 saturated carbocycles. The van der Waals surface area contributed by atoms with Crippen LogP contribution in [0.25, 0.3) is 0 Å². The van der Waals surface area contributed by atoms with E-state index in [4.69, 9.17) is 16.9 Å². The van der Waals surface area contributed by atoms with Gasteiger partial charge in [-0.25, -0.2) is 0 Å². The summed E-state index contributed by atoms with van der Waals surface area (Å²) in [4.78, 5) is 21.9. The quantitative estimate of drug-likeness (QED) is 0.264. The maximum absolute atomic E-state index is 11.7. The van der Waals surface area contributed by atoms with Crippen LogP contribution in [-0.4, -0.2) is 17.4 Å². The number of nitrogens with zero attached hydrogens (tertiary/aromatic N) is 2. The maximum atomic E-state index is 11.7. The molecule has 8 heteroatoms. The second-order valence-electron chi connectivity index (χ2n) is 4.35. The molecule has 0 aliphatic rings. The Morgan fingerprint density at radius 3 is 2.86 bits per heavy atom. The predicted octanol–water partition coefficient (Wildman–Crippen LogP) is 2.98. The summed E-state index contributed by atoms with van der Waals surface area (Å²) >= 11 is 5.70. The van der Waals surface area contributed by atoms with Crippen molar-refractivity contribution in [2.24, 2.45) is 0 Å². The monoisotopic (exact) mass is 322 g/mol. The van der Waals surface area contributed by atoms with Crippen molar-refractivity contribution in [1.82, 2.24) is 5.32 Å². The third-order valence-electron chi connectivity index (χ3n) is 2.71. The lowest BCUT2D eigenvalue weighted by molar-refractivity contribution is -0.384. The van der Waals surface area contributed by atoms with Crippen molar-refractivity contribution >= 4 is 28.9 Å². The van der Waals surface area contributed by atoms with E-state index in [1.807, 2.05) is 6.92 Å². The molecule has 0 bridgehead atoms. The van der Waals surface area contributed by atoms with Crippen molar-refractivity contribution in [2.75, 3.05) is 11.9 Å². The van der Waals surface area contributed by atoms with Crippen molar-refractivity contribution in [1.29, 1.82) is 5.26 Å². The van der Waals surface area contributed by atoms with Crippen LogP contribution in [0, 0.1) is 21.4 Å². The van der Waals surface area contributed by atoms with E-state index >= 15 is 0 Å². The molecule has 2 N–H and O–H groups in total. The van der Waals surface area contributed by atoms with Gasteiger partial charge in [0.2, 0.25) is 0 Å². The van der Waals surface area contributed by atoms with E-state index in [2.05, 4.69) is 10.6 Å². The average Bonchev–Trinajstić information content (AvgIpc) is 2.49. The van der Waals surface area contributed by atoms with Crippen LogP contribution in [0.4, 0.5) is 11.4 Å². The molecule has 0 aliphatic heterocycles. The zero-order valence-electron chi connectivity index (χ0n) is 11.9. The Bertz CT molecular complexity index is 637. The van der Waals surface area contributed by atoms with Gasteiger partial charge in [-0.05, 0) is 18.6 Å². The van der Waals surface area contributed by atoms with Gasteiger partial charge in [-0.3, -0.25) is 14.9 Å². The Kier molecular flexibility index (Phi) is 6.86. The fourth-order valence-corrected chi connectivity index (χ4v) is 1.71. The van der Waals surface area contributed by atoms with E-state index in [1.165, 1.54) is 24.4 Å². The summed E-state index contributed by atoms with van der Waals surface area (Å²) in [5.74, 6) is -0.494. The van der Waals surface area contributed by atoms with Gasteiger partial charge in [-0.1, -0.05) is 24.9 Å². The summed E-state index contributed by atoms with van der Waals surface area (Å²) in [7, 11) is 0. The van der Waals surface area contributed by atoms with E-state index in [-0.39, 0.29) is 16.3 Å². The SMILES string of the molecule is CCCCNC(=O)/C(C#N)=C\Nc1ccc(Cl)c([N+](=O)[O-])c1. The first kappa shape index (κ1) is 17.5. The number of amides is 1. The van der Waals surface area contributed by atoms with Crippen LogP contribution in [0.2, 0.25) is 5.02 Å². The summed E-state index contributed by atoms with van der Waals surface area (Å²) < 4.78 is 0. The Hall–Kier alpha value is -2.59. The zero-order chi connectivity index (χ0) is 16.5. The lowest BCUT2D eigenvalue weighted by Crippen LogP contribution is -2.25. The summed E-state index contributed by atoms with van der Waals surface area (Å²) in [5.41, 5.74) is -0.0233. The van der Waals surface area contributed by atoms with Gasteiger partial charge >= 0.3 is 0 Å². The van der Waals surface area contributed by atoms with Gasteiger partial charge in [0, 0.05) is 24.5 Å². The molecule has 7 nitrogen and oxygen atoms in total. The number of carbonyl (C=O) groups is 1. The normalized spacial score (nSPS) is 10.7. The van der Waals surface area contributed by atoms with Crippen molar-refractivity contribution in [3.05, 3.63) is 45.1 Å². The number of nitro benzene ring substituents is 1. The summed E-state index contributed by atoms with van der Waals surface area (Å²) in [6.45, 7) is 2.48. The predicted molar refractivity (Wildman–Crippen MR) is 83.3 cm³/mol. The standard InChI is InChI=1S/C14H15ClN4O3/c1-2-3-6-17-14(20)10(8-16)9-18-11-4-5-12(15)13(7-11)19(21)22/h4-5,7,9,18H,2-3,6H2,1H3,(H,17,20)/b10-9-. The number of rotatable bonds is 7. The molecule has 116 valence electrons. The topological polar surface area (TPSA) is 108 Å². The molecular weight excluding hydrogens is 308 g/mol. The Morgan fingerprint density at radius 1 is 1.55 bits per heavy atom. The zero-order valence-corrected chi connectivity index (χ0v) is 12.7. The van der Waals surface area contributed by atoms with Crippen LogP contribution < -0.4 is 10.6 Å². The van der Waals surface area contributed by atoms with Crippen molar-refractivity contribution in [2.45, 2.75) is 19.8 Å². The summed E-state index contributed by atoms with van der Waals surface area (Å²) in [5, 5.41) is 25.1. The number of halogens is 1. The van der Waals surface area contributed by atoms with Crippen LogP contribution >= 0.6 is 11.6 Å². The lowest BCUT2D eigenvalue weighted by atomic mass is 10.2. The molecule has 0 unspecified atom stereocenters. The molecule has 0 spiro atoms. The number of anilines is 1. The van der Waals surface area contributed by atoms with Crippen LogP contribution in [-0.2, 0) is 4.79 Å². The van der Waals surface area contributed by atoms with E-state index in [1.54, 1.807) is 6.07 Å². The molecule has 0 fully saturated rings. The second-order valence-corrected chi connectivity index (χ2v) is 4.75. The van der Waals surface area contributed by atoms with Crippen molar-refractivity contribution < 1.29 is 9.72 Å². The first-order valence-corrected chi connectivity index (χ1v) is 6.96.